The Hall–Kier alpha value is -4.63. The van der Waals surface area contributed by atoms with Gasteiger partial charge in [0.05, 0.1) is 30.5 Å². The molecule has 0 atom stereocenters. The van der Waals surface area contributed by atoms with Gasteiger partial charge in [0.1, 0.15) is 22.2 Å². The summed E-state index contributed by atoms with van der Waals surface area (Å²) in [6, 6.07) is 18.5. The monoisotopic (exact) mass is 520 g/mol. The number of carbonyl (C=O) groups excluding carboxylic acids is 4. The van der Waals surface area contributed by atoms with Crippen molar-refractivity contribution in [3.05, 3.63) is 94.7 Å². The fraction of sp³-hybridized carbons (Fsp3) is 0.111. The highest BCUT2D eigenvalue weighted by Crippen LogP contribution is 2.30. The molecule has 1 heterocycles. The van der Waals surface area contributed by atoms with E-state index in [0.717, 1.165) is 4.90 Å². The first-order valence-corrected chi connectivity index (χ1v) is 11.5. The summed E-state index contributed by atoms with van der Waals surface area (Å²) in [5.74, 6) is -1.47. The molecule has 0 aromatic heterocycles. The van der Waals surface area contributed by atoms with Crippen molar-refractivity contribution < 1.29 is 33.4 Å². The number of hydrogen-bond acceptors (Lipinski definition) is 8. The molecule has 1 aliphatic rings. The lowest BCUT2D eigenvalue weighted by Gasteiger charge is -2.15. The largest absolute Gasteiger partial charge is 0.497 e. The number of methoxy groups -OCH3 is 1. The summed E-state index contributed by atoms with van der Waals surface area (Å²) < 4.78 is 15.4. The van der Waals surface area contributed by atoms with E-state index in [1.807, 2.05) is 0 Å². The van der Waals surface area contributed by atoms with E-state index >= 15 is 0 Å². The topological polar surface area (TPSA) is 111 Å². The SMILES string of the molecule is CCOC(=O)c1ccc(N2C(=O)C(Cl)=C(Nc3ccc(C(=O)Oc4ccc(OC)cc4)cc3)C2=O)cc1. The molecular formula is C27H21ClN2O7. The Labute approximate surface area is 217 Å². The van der Waals surface area contributed by atoms with Gasteiger partial charge in [-0.3, -0.25) is 9.59 Å². The van der Waals surface area contributed by atoms with Crippen LogP contribution in [0.3, 0.4) is 0 Å². The van der Waals surface area contributed by atoms with Crippen LogP contribution < -0.4 is 19.7 Å². The number of rotatable bonds is 8. The number of esters is 2. The summed E-state index contributed by atoms with van der Waals surface area (Å²) in [6.45, 7) is 1.92. The lowest BCUT2D eigenvalue weighted by molar-refractivity contribution is -0.120. The highest BCUT2D eigenvalue weighted by molar-refractivity contribution is 6.53. The van der Waals surface area contributed by atoms with Gasteiger partial charge in [-0.15, -0.1) is 0 Å². The molecule has 0 saturated heterocycles. The molecule has 0 fully saturated rings. The highest BCUT2D eigenvalue weighted by Gasteiger charge is 2.39. The van der Waals surface area contributed by atoms with E-state index in [-0.39, 0.29) is 34.2 Å². The highest BCUT2D eigenvalue weighted by atomic mass is 35.5. The Morgan fingerprint density at radius 1 is 0.811 bits per heavy atom. The minimum absolute atomic E-state index is 0.116. The van der Waals surface area contributed by atoms with Crippen molar-refractivity contribution in [2.45, 2.75) is 6.92 Å². The molecule has 0 aliphatic carbocycles. The predicted molar refractivity (Wildman–Crippen MR) is 136 cm³/mol. The zero-order valence-electron chi connectivity index (χ0n) is 19.8. The van der Waals surface area contributed by atoms with Crippen LogP contribution in [-0.4, -0.2) is 37.5 Å². The number of nitrogens with zero attached hydrogens (tertiary/aromatic N) is 1. The van der Waals surface area contributed by atoms with Crippen molar-refractivity contribution in [1.29, 1.82) is 0 Å². The molecule has 3 aromatic carbocycles. The van der Waals surface area contributed by atoms with Gasteiger partial charge < -0.3 is 19.5 Å². The van der Waals surface area contributed by atoms with E-state index in [2.05, 4.69) is 5.32 Å². The second-order valence-corrected chi connectivity index (χ2v) is 8.05. The molecule has 2 amide bonds. The summed E-state index contributed by atoms with van der Waals surface area (Å²) in [6.07, 6.45) is 0. The Morgan fingerprint density at radius 3 is 1.97 bits per heavy atom. The molecule has 3 aromatic rings. The van der Waals surface area contributed by atoms with Gasteiger partial charge in [-0.1, -0.05) is 11.6 Å². The standard InChI is InChI=1S/C27H21ClN2O7/c1-3-36-26(33)16-6-10-19(11-7-16)30-24(31)22(28)23(25(30)32)29-18-8-4-17(5-9-18)27(34)37-21-14-12-20(35-2)13-15-21/h4-15,29H,3H2,1-2H3. The summed E-state index contributed by atoms with van der Waals surface area (Å²) in [5.41, 5.74) is 1.12. The number of halogens is 1. The third-order valence-electron chi connectivity index (χ3n) is 5.32. The minimum atomic E-state index is -0.710. The van der Waals surface area contributed by atoms with Gasteiger partial charge in [-0.2, -0.15) is 0 Å². The summed E-state index contributed by atoms with van der Waals surface area (Å²) in [4.78, 5) is 50.9. The lowest BCUT2D eigenvalue weighted by Crippen LogP contribution is -2.32. The number of carbonyl (C=O) groups is 4. The Kier molecular flexibility index (Phi) is 7.55. The fourth-order valence-electron chi connectivity index (χ4n) is 3.45. The van der Waals surface area contributed by atoms with Gasteiger partial charge in [-0.05, 0) is 79.7 Å². The Morgan fingerprint density at radius 2 is 1.38 bits per heavy atom. The summed E-state index contributed by atoms with van der Waals surface area (Å²) >= 11 is 6.18. The first-order chi connectivity index (χ1) is 17.8. The number of ether oxygens (including phenoxy) is 3. The van der Waals surface area contributed by atoms with Crippen LogP contribution in [0.25, 0.3) is 0 Å². The van der Waals surface area contributed by atoms with Crippen molar-refractivity contribution in [2.24, 2.45) is 0 Å². The molecule has 4 rings (SSSR count). The van der Waals surface area contributed by atoms with E-state index in [1.165, 1.54) is 43.5 Å². The fourth-order valence-corrected chi connectivity index (χ4v) is 3.66. The molecule has 0 unspecified atom stereocenters. The maximum absolute atomic E-state index is 13.0. The first kappa shape index (κ1) is 25.5. The number of amides is 2. The number of anilines is 2. The summed E-state index contributed by atoms with van der Waals surface area (Å²) in [7, 11) is 1.54. The van der Waals surface area contributed by atoms with Gasteiger partial charge in [0.2, 0.25) is 0 Å². The Bertz CT molecular complexity index is 1380. The number of imide groups is 1. The van der Waals surface area contributed by atoms with Gasteiger partial charge >= 0.3 is 11.9 Å². The Balaban J connectivity index is 1.44. The van der Waals surface area contributed by atoms with Crippen LogP contribution in [-0.2, 0) is 14.3 Å². The van der Waals surface area contributed by atoms with Crippen molar-refractivity contribution in [3.63, 3.8) is 0 Å². The molecule has 0 spiro atoms. The molecule has 0 radical (unpaired) electrons. The third kappa shape index (κ3) is 5.46. The van der Waals surface area contributed by atoms with E-state index in [9.17, 15) is 19.2 Å². The van der Waals surface area contributed by atoms with Gasteiger partial charge in [0.25, 0.3) is 11.8 Å². The van der Waals surface area contributed by atoms with E-state index in [4.69, 9.17) is 25.8 Å². The van der Waals surface area contributed by atoms with Crippen molar-refractivity contribution in [1.82, 2.24) is 0 Å². The van der Waals surface area contributed by atoms with Crippen molar-refractivity contribution in [2.75, 3.05) is 23.9 Å². The van der Waals surface area contributed by atoms with Crippen LogP contribution in [0, 0.1) is 0 Å². The van der Waals surface area contributed by atoms with Gasteiger partial charge in [0.15, 0.2) is 0 Å². The van der Waals surface area contributed by atoms with Crippen molar-refractivity contribution >= 4 is 46.7 Å². The molecule has 10 heteroatoms. The maximum atomic E-state index is 13.0. The van der Waals surface area contributed by atoms with Crippen LogP contribution in [0.1, 0.15) is 27.6 Å². The molecule has 37 heavy (non-hydrogen) atoms. The minimum Gasteiger partial charge on any atom is -0.497 e. The molecule has 0 saturated carbocycles. The molecule has 1 N–H and O–H groups in total. The average Bonchev–Trinajstić information content (AvgIpc) is 3.12. The molecule has 188 valence electrons. The smallest absolute Gasteiger partial charge is 0.343 e. The van der Waals surface area contributed by atoms with Crippen LogP contribution in [0.4, 0.5) is 11.4 Å². The maximum Gasteiger partial charge on any atom is 0.343 e. The average molecular weight is 521 g/mol. The normalized spacial score (nSPS) is 13.0. The molecule has 9 nitrogen and oxygen atoms in total. The number of hydrogen-bond donors (Lipinski definition) is 1. The number of nitrogens with one attached hydrogen (secondary N) is 1. The quantitative estimate of drug-likeness (QED) is 0.262. The second kappa shape index (κ2) is 11.0. The lowest BCUT2D eigenvalue weighted by atomic mass is 10.2. The molecular weight excluding hydrogens is 500 g/mol. The first-order valence-electron chi connectivity index (χ1n) is 11.1. The molecule has 1 aliphatic heterocycles. The predicted octanol–water partition coefficient (Wildman–Crippen LogP) is 4.53. The van der Waals surface area contributed by atoms with E-state index in [0.29, 0.717) is 17.2 Å². The zero-order chi connectivity index (χ0) is 26.5. The second-order valence-electron chi connectivity index (χ2n) is 7.67. The van der Waals surface area contributed by atoms with Crippen molar-refractivity contribution in [3.8, 4) is 11.5 Å². The number of benzene rings is 3. The van der Waals surface area contributed by atoms with E-state index < -0.39 is 23.8 Å². The summed E-state index contributed by atoms with van der Waals surface area (Å²) in [5, 5.41) is 2.55. The third-order valence-corrected chi connectivity index (χ3v) is 5.67. The molecule has 0 bridgehead atoms. The van der Waals surface area contributed by atoms with Crippen LogP contribution >= 0.6 is 11.6 Å². The van der Waals surface area contributed by atoms with Gasteiger partial charge in [-0.25, -0.2) is 14.5 Å². The van der Waals surface area contributed by atoms with Gasteiger partial charge in [0, 0.05) is 5.69 Å². The van der Waals surface area contributed by atoms with Crippen LogP contribution in [0.5, 0.6) is 11.5 Å². The zero-order valence-corrected chi connectivity index (χ0v) is 20.6. The van der Waals surface area contributed by atoms with Crippen LogP contribution in [0.15, 0.2) is 83.5 Å². The van der Waals surface area contributed by atoms with Crippen LogP contribution in [0.2, 0.25) is 0 Å². The van der Waals surface area contributed by atoms with E-state index in [1.54, 1.807) is 43.3 Å².